The Kier molecular flexibility index (Phi) is 5.88. The van der Waals surface area contributed by atoms with Gasteiger partial charge >= 0.3 is 0 Å². The van der Waals surface area contributed by atoms with Crippen LogP contribution in [0.3, 0.4) is 0 Å². The molecule has 1 aliphatic rings. The topological polar surface area (TPSA) is 38.8 Å². The van der Waals surface area contributed by atoms with E-state index in [0.717, 1.165) is 18.6 Å². The van der Waals surface area contributed by atoms with Crippen LogP contribution >= 0.6 is 0 Å². The summed E-state index contributed by atoms with van der Waals surface area (Å²) in [4.78, 5) is 14.1. The van der Waals surface area contributed by atoms with Crippen molar-refractivity contribution in [3.8, 4) is 11.5 Å². The minimum Gasteiger partial charge on any atom is -0.494 e. The van der Waals surface area contributed by atoms with Gasteiger partial charge in [-0.25, -0.2) is 13.2 Å². The van der Waals surface area contributed by atoms with E-state index < -0.39 is 28.9 Å². The van der Waals surface area contributed by atoms with Gasteiger partial charge in [0.05, 0.1) is 13.7 Å². The van der Waals surface area contributed by atoms with Crippen molar-refractivity contribution in [1.29, 1.82) is 0 Å². The molecule has 3 rings (SSSR count). The van der Waals surface area contributed by atoms with Crippen LogP contribution in [0.5, 0.6) is 11.5 Å². The molecule has 4 nitrogen and oxygen atoms in total. The zero-order chi connectivity index (χ0) is 19.4. The van der Waals surface area contributed by atoms with Gasteiger partial charge in [0, 0.05) is 25.1 Å². The van der Waals surface area contributed by atoms with E-state index in [-0.39, 0.29) is 18.3 Å². The fourth-order valence-corrected chi connectivity index (χ4v) is 3.20. The van der Waals surface area contributed by atoms with Crippen LogP contribution in [0.25, 0.3) is 0 Å². The molecule has 0 radical (unpaired) electrons. The Balaban J connectivity index is 1.68. The molecule has 0 bridgehead atoms. The van der Waals surface area contributed by atoms with E-state index in [0.29, 0.717) is 25.3 Å². The quantitative estimate of drug-likeness (QED) is 0.787. The van der Waals surface area contributed by atoms with Gasteiger partial charge in [-0.15, -0.1) is 0 Å². The summed E-state index contributed by atoms with van der Waals surface area (Å²) in [5.41, 5.74) is -0.610. The number of piperidine rings is 1. The van der Waals surface area contributed by atoms with Gasteiger partial charge in [-0.1, -0.05) is 6.07 Å². The van der Waals surface area contributed by atoms with Gasteiger partial charge in [0.2, 0.25) is 0 Å². The summed E-state index contributed by atoms with van der Waals surface area (Å²) in [6, 6.07) is 7.97. The third kappa shape index (κ3) is 4.35. The summed E-state index contributed by atoms with van der Waals surface area (Å²) in [5, 5.41) is 0. The van der Waals surface area contributed by atoms with Crippen molar-refractivity contribution < 1.29 is 27.4 Å². The van der Waals surface area contributed by atoms with E-state index in [1.807, 2.05) is 0 Å². The van der Waals surface area contributed by atoms with Crippen LogP contribution < -0.4 is 9.47 Å². The maximum absolute atomic E-state index is 14.4. The van der Waals surface area contributed by atoms with E-state index in [1.54, 1.807) is 12.1 Å². The number of halogens is 3. The molecule has 27 heavy (non-hydrogen) atoms. The van der Waals surface area contributed by atoms with Crippen LogP contribution in [-0.2, 0) is 0 Å². The number of methoxy groups -OCH3 is 1. The molecule has 2 aromatic rings. The van der Waals surface area contributed by atoms with E-state index >= 15 is 0 Å². The van der Waals surface area contributed by atoms with Crippen molar-refractivity contribution in [2.45, 2.75) is 12.8 Å². The Morgan fingerprint density at radius 3 is 2.78 bits per heavy atom. The molecule has 1 fully saturated rings. The highest BCUT2D eigenvalue weighted by molar-refractivity contribution is 5.95. The first kappa shape index (κ1) is 19.1. The largest absolute Gasteiger partial charge is 0.494 e. The summed E-state index contributed by atoms with van der Waals surface area (Å²) >= 11 is 0. The normalized spacial score (nSPS) is 16.9. The van der Waals surface area contributed by atoms with Crippen LogP contribution in [0.2, 0.25) is 0 Å². The highest BCUT2D eigenvalue weighted by Crippen LogP contribution is 2.26. The highest BCUT2D eigenvalue weighted by Gasteiger charge is 2.29. The third-order valence-electron chi connectivity index (χ3n) is 4.58. The van der Waals surface area contributed by atoms with Gasteiger partial charge in [-0.3, -0.25) is 4.79 Å². The summed E-state index contributed by atoms with van der Waals surface area (Å²) in [5.74, 6) is -2.80. The number of carbonyl (C=O) groups is 1. The lowest BCUT2D eigenvalue weighted by molar-refractivity contribution is 0.0623. The molecule has 1 aliphatic heterocycles. The summed E-state index contributed by atoms with van der Waals surface area (Å²) in [6.45, 7) is 1.01. The van der Waals surface area contributed by atoms with Crippen LogP contribution in [0.4, 0.5) is 13.2 Å². The highest BCUT2D eigenvalue weighted by atomic mass is 19.1. The van der Waals surface area contributed by atoms with Gasteiger partial charge in [-0.05, 0) is 37.1 Å². The number of likely N-dealkylation sites (tertiary alicyclic amines) is 1. The SMILES string of the molecule is COc1ccc(F)c(C(=O)N2CCCC(COc3cccc(F)c3)C2)c1F. The average molecular weight is 379 g/mol. The maximum Gasteiger partial charge on any atom is 0.259 e. The van der Waals surface area contributed by atoms with Gasteiger partial charge in [0.15, 0.2) is 11.6 Å². The van der Waals surface area contributed by atoms with Crippen LogP contribution in [0, 0.1) is 23.4 Å². The lowest BCUT2D eigenvalue weighted by atomic mass is 9.98. The Hall–Kier alpha value is -2.70. The van der Waals surface area contributed by atoms with Gasteiger partial charge in [-0.2, -0.15) is 0 Å². The number of hydrogen-bond acceptors (Lipinski definition) is 3. The molecule has 0 aliphatic carbocycles. The minimum atomic E-state index is -0.999. The van der Waals surface area contributed by atoms with Crippen molar-refractivity contribution >= 4 is 5.91 Å². The fraction of sp³-hybridized carbons (Fsp3) is 0.350. The predicted octanol–water partition coefficient (Wildman–Crippen LogP) is 4.04. The van der Waals surface area contributed by atoms with E-state index in [1.165, 1.54) is 24.1 Å². The van der Waals surface area contributed by atoms with Crippen molar-refractivity contribution in [3.63, 3.8) is 0 Å². The van der Waals surface area contributed by atoms with Crippen LogP contribution in [0.15, 0.2) is 36.4 Å². The zero-order valence-corrected chi connectivity index (χ0v) is 14.9. The first-order valence-corrected chi connectivity index (χ1v) is 8.69. The van der Waals surface area contributed by atoms with Crippen LogP contribution in [0.1, 0.15) is 23.2 Å². The smallest absolute Gasteiger partial charge is 0.259 e. The predicted molar refractivity (Wildman–Crippen MR) is 93.4 cm³/mol. The molecule has 0 aromatic heterocycles. The van der Waals surface area contributed by atoms with Crippen molar-refractivity contribution in [3.05, 3.63) is 59.4 Å². The second-order valence-corrected chi connectivity index (χ2v) is 6.47. The standard InChI is InChI=1S/C20H20F3NO3/c1-26-17-8-7-16(22)18(19(17)23)20(25)24-9-3-4-13(11-24)12-27-15-6-2-5-14(21)10-15/h2,5-8,10,13H,3-4,9,11-12H2,1H3. The molecule has 1 amide bonds. The molecular weight excluding hydrogens is 359 g/mol. The minimum absolute atomic E-state index is 0.0114. The first-order valence-electron chi connectivity index (χ1n) is 8.69. The number of nitrogens with zero attached hydrogens (tertiary/aromatic N) is 1. The molecule has 0 spiro atoms. The molecule has 2 aromatic carbocycles. The molecule has 0 N–H and O–H groups in total. The Morgan fingerprint density at radius 2 is 2.04 bits per heavy atom. The molecule has 1 atom stereocenters. The fourth-order valence-electron chi connectivity index (χ4n) is 3.20. The molecule has 1 saturated heterocycles. The van der Waals surface area contributed by atoms with E-state index in [2.05, 4.69) is 0 Å². The summed E-state index contributed by atoms with van der Waals surface area (Å²) in [6.07, 6.45) is 1.50. The number of amides is 1. The van der Waals surface area contributed by atoms with E-state index in [9.17, 15) is 18.0 Å². The number of rotatable bonds is 5. The van der Waals surface area contributed by atoms with Gasteiger partial charge in [0.1, 0.15) is 22.9 Å². The van der Waals surface area contributed by atoms with Crippen LogP contribution in [-0.4, -0.2) is 37.6 Å². The lowest BCUT2D eigenvalue weighted by Crippen LogP contribution is -2.42. The lowest BCUT2D eigenvalue weighted by Gasteiger charge is -2.33. The monoisotopic (exact) mass is 379 g/mol. The molecule has 7 heteroatoms. The van der Waals surface area contributed by atoms with Crippen molar-refractivity contribution in [1.82, 2.24) is 4.90 Å². The van der Waals surface area contributed by atoms with Gasteiger partial charge in [0.25, 0.3) is 5.91 Å². The maximum atomic E-state index is 14.4. The average Bonchev–Trinajstić information content (AvgIpc) is 2.67. The number of benzene rings is 2. The second-order valence-electron chi connectivity index (χ2n) is 6.47. The molecule has 0 saturated carbocycles. The zero-order valence-electron chi connectivity index (χ0n) is 14.9. The Labute approximate surface area is 155 Å². The number of ether oxygens (including phenoxy) is 2. The number of hydrogen-bond donors (Lipinski definition) is 0. The molecule has 1 heterocycles. The molecule has 1 unspecified atom stereocenters. The van der Waals surface area contributed by atoms with Gasteiger partial charge < -0.3 is 14.4 Å². The molecule has 144 valence electrons. The Morgan fingerprint density at radius 1 is 1.22 bits per heavy atom. The van der Waals surface area contributed by atoms with E-state index in [4.69, 9.17) is 9.47 Å². The number of carbonyl (C=O) groups excluding carboxylic acids is 1. The summed E-state index contributed by atoms with van der Waals surface area (Å²) < 4.78 is 52.1. The first-order chi connectivity index (χ1) is 13.0. The van der Waals surface area contributed by atoms with Crippen molar-refractivity contribution in [2.75, 3.05) is 26.8 Å². The van der Waals surface area contributed by atoms with Crippen molar-refractivity contribution in [2.24, 2.45) is 5.92 Å². The summed E-state index contributed by atoms with van der Waals surface area (Å²) in [7, 11) is 1.26. The molecular formula is C20H20F3NO3. The third-order valence-corrected chi connectivity index (χ3v) is 4.58. The Bertz CT molecular complexity index is 828. The second kappa shape index (κ2) is 8.33.